The molecule has 0 radical (unpaired) electrons. The van der Waals surface area contributed by atoms with Gasteiger partial charge in [0.15, 0.2) is 5.65 Å². The predicted molar refractivity (Wildman–Crippen MR) is 78.8 cm³/mol. The van der Waals surface area contributed by atoms with Crippen molar-refractivity contribution in [3.8, 4) is 0 Å². The maximum absolute atomic E-state index is 12.4. The zero-order valence-electron chi connectivity index (χ0n) is 11.9. The first kappa shape index (κ1) is 13.4. The zero-order valence-corrected chi connectivity index (χ0v) is 11.9. The van der Waals surface area contributed by atoms with Crippen LogP contribution in [0.1, 0.15) is 11.6 Å². The number of rotatable bonds is 4. The normalized spacial score (nSPS) is 12.7. The second-order valence-corrected chi connectivity index (χ2v) is 4.83. The molecule has 0 saturated carbocycles. The molecule has 1 atom stereocenters. The summed E-state index contributed by atoms with van der Waals surface area (Å²) in [7, 11) is 3.60. The van der Waals surface area contributed by atoms with E-state index in [0.717, 1.165) is 5.56 Å². The van der Waals surface area contributed by atoms with Crippen LogP contribution in [0.3, 0.4) is 0 Å². The van der Waals surface area contributed by atoms with Crippen molar-refractivity contribution in [2.24, 2.45) is 7.05 Å². The molecule has 0 bridgehead atoms. The standard InChI is InChI=1S/C14H16N6O/c1-15-12(10-6-4-3-5-7-10)9-20-14(21)11-8-16-19(2)13(11)17-18-20/h3-8,12,15H,9H2,1-2H3. The van der Waals surface area contributed by atoms with E-state index in [4.69, 9.17) is 0 Å². The Morgan fingerprint density at radius 1 is 1.29 bits per heavy atom. The molecule has 0 aliphatic rings. The van der Waals surface area contributed by atoms with Crippen molar-refractivity contribution in [3.63, 3.8) is 0 Å². The molecule has 7 heteroatoms. The Balaban J connectivity index is 1.97. The van der Waals surface area contributed by atoms with Gasteiger partial charge in [0, 0.05) is 7.05 Å². The van der Waals surface area contributed by atoms with Gasteiger partial charge in [0.05, 0.1) is 18.8 Å². The van der Waals surface area contributed by atoms with Crippen LogP contribution >= 0.6 is 0 Å². The lowest BCUT2D eigenvalue weighted by atomic mass is 10.1. The lowest BCUT2D eigenvalue weighted by Gasteiger charge is -2.16. The molecule has 3 rings (SSSR count). The van der Waals surface area contributed by atoms with Crippen molar-refractivity contribution in [3.05, 3.63) is 52.4 Å². The maximum Gasteiger partial charge on any atom is 0.280 e. The fourth-order valence-electron chi connectivity index (χ4n) is 2.32. The fraction of sp³-hybridized carbons (Fsp3) is 0.286. The highest BCUT2D eigenvalue weighted by atomic mass is 16.1. The Hall–Kier alpha value is -2.54. The molecule has 2 heterocycles. The molecular formula is C14H16N6O. The van der Waals surface area contributed by atoms with Crippen LogP contribution in [-0.2, 0) is 13.6 Å². The molecule has 0 saturated heterocycles. The third-order valence-corrected chi connectivity index (χ3v) is 3.53. The molecule has 2 aromatic heterocycles. The highest BCUT2D eigenvalue weighted by Gasteiger charge is 2.14. The van der Waals surface area contributed by atoms with Crippen LogP contribution in [0.25, 0.3) is 11.0 Å². The van der Waals surface area contributed by atoms with E-state index < -0.39 is 0 Å². The molecule has 0 fully saturated rings. The third kappa shape index (κ3) is 2.43. The Morgan fingerprint density at radius 3 is 2.76 bits per heavy atom. The summed E-state index contributed by atoms with van der Waals surface area (Å²) in [5, 5.41) is 15.8. The summed E-state index contributed by atoms with van der Waals surface area (Å²) in [6, 6.07) is 9.93. The number of aryl methyl sites for hydroxylation is 1. The van der Waals surface area contributed by atoms with E-state index in [1.54, 1.807) is 11.7 Å². The van der Waals surface area contributed by atoms with Crippen LogP contribution in [0, 0.1) is 0 Å². The number of aromatic nitrogens is 5. The van der Waals surface area contributed by atoms with Crippen molar-refractivity contribution < 1.29 is 0 Å². The van der Waals surface area contributed by atoms with Crippen LogP contribution < -0.4 is 10.9 Å². The van der Waals surface area contributed by atoms with Gasteiger partial charge in [-0.15, -0.1) is 5.10 Å². The smallest absolute Gasteiger partial charge is 0.280 e. The van der Waals surface area contributed by atoms with E-state index in [0.29, 0.717) is 17.6 Å². The molecular weight excluding hydrogens is 268 g/mol. The molecule has 1 N–H and O–H groups in total. The van der Waals surface area contributed by atoms with E-state index in [-0.39, 0.29) is 11.6 Å². The van der Waals surface area contributed by atoms with Gasteiger partial charge in [-0.25, -0.2) is 9.36 Å². The van der Waals surface area contributed by atoms with Gasteiger partial charge < -0.3 is 5.32 Å². The van der Waals surface area contributed by atoms with Crippen LogP contribution in [0.4, 0.5) is 0 Å². The maximum atomic E-state index is 12.4. The molecule has 0 amide bonds. The first-order valence-electron chi connectivity index (χ1n) is 6.68. The number of hydrogen-bond acceptors (Lipinski definition) is 5. The molecule has 108 valence electrons. The molecule has 0 aliphatic carbocycles. The Kier molecular flexibility index (Phi) is 3.49. The first-order chi connectivity index (χ1) is 10.2. The summed E-state index contributed by atoms with van der Waals surface area (Å²) in [6.07, 6.45) is 1.53. The van der Waals surface area contributed by atoms with Gasteiger partial charge in [0.1, 0.15) is 5.39 Å². The van der Waals surface area contributed by atoms with E-state index in [1.165, 1.54) is 10.9 Å². The Morgan fingerprint density at radius 2 is 2.05 bits per heavy atom. The van der Waals surface area contributed by atoms with Crippen LogP contribution in [-0.4, -0.2) is 31.8 Å². The lowest BCUT2D eigenvalue weighted by Crippen LogP contribution is -2.31. The minimum Gasteiger partial charge on any atom is -0.311 e. The minimum atomic E-state index is -0.177. The van der Waals surface area contributed by atoms with Crippen molar-refractivity contribution in [2.45, 2.75) is 12.6 Å². The van der Waals surface area contributed by atoms with E-state index in [2.05, 4.69) is 20.7 Å². The van der Waals surface area contributed by atoms with Crippen molar-refractivity contribution in [1.82, 2.24) is 30.1 Å². The highest BCUT2D eigenvalue weighted by molar-refractivity contribution is 5.72. The Bertz CT molecular complexity index is 807. The van der Waals surface area contributed by atoms with Gasteiger partial charge in [-0.3, -0.25) is 4.79 Å². The molecule has 3 aromatic rings. The van der Waals surface area contributed by atoms with Crippen molar-refractivity contribution in [1.29, 1.82) is 0 Å². The number of nitrogens with zero attached hydrogens (tertiary/aromatic N) is 5. The second kappa shape index (κ2) is 5.45. The summed E-state index contributed by atoms with van der Waals surface area (Å²) in [4.78, 5) is 12.4. The predicted octanol–water partition coefficient (Wildman–Crippen LogP) is 0.486. The van der Waals surface area contributed by atoms with E-state index >= 15 is 0 Å². The number of nitrogens with one attached hydrogen (secondary N) is 1. The molecule has 0 spiro atoms. The largest absolute Gasteiger partial charge is 0.311 e. The third-order valence-electron chi connectivity index (χ3n) is 3.53. The molecule has 0 aliphatic heterocycles. The fourth-order valence-corrected chi connectivity index (χ4v) is 2.32. The monoisotopic (exact) mass is 284 g/mol. The summed E-state index contributed by atoms with van der Waals surface area (Å²) in [6.45, 7) is 0.414. The van der Waals surface area contributed by atoms with Gasteiger partial charge in [0.25, 0.3) is 5.56 Å². The van der Waals surface area contributed by atoms with Gasteiger partial charge in [-0.1, -0.05) is 35.5 Å². The van der Waals surface area contributed by atoms with Crippen LogP contribution in [0.15, 0.2) is 41.3 Å². The number of hydrogen-bond donors (Lipinski definition) is 1. The number of benzene rings is 1. The SMILES string of the molecule is CNC(Cn1nnc2c(cnn2C)c1=O)c1ccccc1. The van der Waals surface area contributed by atoms with Crippen LogP contribution in [0.5, 0.6) is 0 Å². The van der Waals surface area contributed by atoms with E-state index in [1.807, 2.05) is 37.4 Å². The first-order valence-corrected chi connectivity index (χ1v) is 6.68. The molecule has 7 nitrogen and oxygen atoms in total. The average molecular weight is 284 g/mol. The highest BCUT2D eigenvalue weighted by Crippen LogP contribution is 2.13. The Labute approximate surface area is 121 Å². The summed E-state index contributed by atoms with van der Waals surface area (Å²) < 4.78 is 2.92. The van der Waals surface area contributed by atoms with Crippen LogP contribution in [0.2, 0.25) is 0 Å². The molecule has 21 heavy (non-hydrogen) atoms. The second-order valence-electron chi connectivity index (χ2n) is 4.83. The average Bonchev–Trinajstić information content (AvgIpc) is 2.90. The summed E-state index contributed by atoms with van der Waals surface area (Å²) >= 11 is 0. The molecule has 1 unspecified atom stereocenters. The number of likely N-dealkylation sites (N-methyl/N-ethyl adjacent to an activating group) is 1. The lowest BCUT2D eigenvalue weighted by molar-refractivity contribution is 0.439. The van der Waals surface area contributed by atoms with Gasteiger partial charge >= 0.3 is 0 Å². The van der Waals surface area contributed by atoms with E-state index in [9.17, 15) is 4.79 Å². The number of fused-ring (bicyclic) bond motifs is 1. The zero-order chi connectivity index (χ0) is 14.8. The molecule has 1 aromatic carbocycles. The minimum absolute atomic E-state index is 0.00711. The van der Waals surface area contributed by atoms with Gasteiger partial charge in [0.2, 0.25) is 0 Å². The van der Waals surface area contributed by atoms with Crippen molar-refractivity contribution in [2.75, 3.05) is 7.05 Å². The topological polar surface area (TPSA) is 77.6 Å². The quantitative estimate of drug-likeness (QED) is 0.754. The summed E-state index contributed by atoms with van der Waals surface area (Å²) in [5.41, 5.74) is 1.42. The van der Waals surface area contributed by atoms with Crippen molar-refractivity contribution >= 4 is 11.0 Å². The van der Waals surface area contributed by atoms with Gasteiger partial charge in [-0.2, -0.15) is 5.10 Å². The van der Waals surface area contributed by atoms with Gasteiger partial charge in [-0.05, 0) is 12.6 Å². The summed E-state index contributed by atoms with van der Waals surface area (Å²) in [5.74, 6) is 0.